The van der Waals surface area contributed by atoms with Crippen LogP contribution in [0.15, 0.2) is 42.6 Å². The van der Waals surface area contributed by atoms with E-state index in [-0.39, 0.29) is 11.9 Å². The maximum Gasteiger partial charge on any atom is 0.244 e. The minimum Gasteiger partial charge on any atom is -0.378 e. The van der Waals surface area contributed by atoms with E-state index in [0.717, 1.165) is 11.4 Å². The maximum absolute atomic E-state index is 12.4. The van der Waals surface area contributed by atoms with E-state index in [0.29, 0.717) is 38.5 Å². The molecule has 1 fully saturated rings. The lowest BCUT2D eigenvalue weighted by Gasteiger charge is -2.29. The Balaban J connectivity index is 1.62. The molecular formula is C18H22N4O2. The molecule has 2 heterocycles. The van der Waals surface area contributed by atoms with Crippen molar-refractivity contribution in [2.75, 3.05) is 31.6 Å². The van der Waals surface area contributed by atoms with Crippen molar-refractivity contribution in [1.82, 2.24) is 14.9 Å². The molecule has 0 radical (unpaired) electrons. The lowest BCUT2D eigenvalue weighted by molar-refractivity contribution is -0.135. The second-order valence-electron chi connectivity index (χ2n) is 5.82. The van der Waals surface area contributed by atoms with Gasteiger partial charge in [0.2, 0.25) is 5.91 Å². The fourth-order valence-electron chi connectivity index (χ4n) is 2.68. The molecule has 1 aliphatic heterocycles. The maximum atomic E-state index is 12.4. The number of hydrogen-bond donors (Lipinski definition) is 1. The molecule has 1 atom stereocenters. The van der Waals surface area contributed by atoms with E-state index in [2.05, 4.69) is 15.3 Å². The van der Waals surface area contributed by atoms with Crippen molar-refractivity contribution in [1.29, 1.82) is 0 Å². The zero-order valence-electron chi connectivity index (χ0n) is 13.8. The molecule has 0 aliphatic carbocycles. The summed E-state index contributed by atoms with van der Waals surface area (Å²) in [5.74, 6) is 1.48. The Morgan fingerprint density at radius 2 is 2.00 bits per heavy atom. The first-order valence-electron chi connectivity index (χ1n) is 8.21. The van der Waals surface area contributed by atoms with Crippen LogP contribution in [0.25, 0.3) is 0 Å². The summed E-state index contributed by atoms with van der Waals surface area (Å²) in [7, 11) is 0. The number of rotatable bonds is 5. The Labute approximate surface area is 141 Å². The van der Waals surface area contributed by atoms with E-state index in [4.69, 9.17) is 4.74 Å². The molecule has 1 aliphatic rings. The molecule has 126 valence electrons. The van der Waals surface area contributed by atoms with Gasteiger partial charge in [-0.15, -0.1) is 0 Å². The van der Waals surface area contributed by atoms with Crippen molar-refractivity contribution in [3.63, 3.8) is 0 Å². The summed E-state index contributed by atoms with van der Waals surface area (Å²) in [5, 5.41) is 3.18. The number of carbonyl (C=O) groups excluding carboxylic acids is 1. The number of amides is 1. The van der Waals surface area contributed by atoms with Crippen LogP contribution in [-0.2, 0) is 16.0 Å². The van der Waals surface area contributed by atoms with Crippen LogP contribution < -0.4 is 5.32 Å². The highest BCUT2D eigenvalue weighted by Crippen LogP contribution is 2.10. The summed E-state index contributed by atoms with van der Waals surface area (Å²) in [5.41, 5.74) is 1.16. The number of carbonyl (C=O) groups is 1. The van der Waals surface area contributed by atoms with Gasteiger partial charge in [-0.25, -0.2) is 9.97 Å². The van der Waals surface area contributed by atoms with Crippen LogP contribution in [0.3, 0.4) is 0 Å². The summed E-state index contributed by atoms with van der Waals surface area (Å²) in [6.45, 7) is 4.36. The smallest absolute Gasteiger partial charge is 0.244 e. The molecule has 24 heavy (non-hydrogen) atoms. The van der Waals surface area contributed by atoms with Gasteiger partial charge in [0.1, 0.15) is 17.7 Å². The zero-order chi connectivity index (χ0) is 16.8. The number of nitrogens with one attached hydrogen (secondary N) is 1. The lowest BCUT2D eigenvalue weighted by atomic mass is 10.1. The summed E-state index contributed by atoms with van der Waals surface area (Å²) in [6.07, 6.45) is 2.39. The summed E-state index contributed by atoms with van der Waals surface area (Å²) in [4.78, 5) is 23.1. The molecule has 1 aromatic heterocycles. The Kier molecular flexibility index (Phi) is 5.38. The average molecular weight is 326 g/mol. The fourth-order valence-corrected chi connectivity index (χ4v) is 2.68. The minimum atomic E-state index is -0.331. The van der Waals surface area contributed by atoms with Crippen molar-refractivity contribution >= 4 is 11.7 Å². The quantitative estimate of drug-likeness (QED) is 0.906. The van der Waals surface area contributed by atoms with E-state index in [1.54, 1.807) is 12.3 Å². The molecule has 0 spiro atoms. The molecule has 0 bridgehead atoms. The predicted molar refractivity (Wildman–Crippen MR) is 91.8 cm³/mol. The highest BCUT2D eigenvalue weighted by molar-refractivity contribution is 5.84. The molecule has 1 aromatic carbocycles. The van der Waals surface area contributed by atoms with Gasteiger partial charge in [-0.1, -0.05) is 30.3 Å². The number of nitrogens with zero attached hydrogens (tertiary/aromatic N) is 3. The van der Waals surface area contributed by atoms with Gasteiger partial charge in [-0.3, -0.25) is 4.79 Å². The summed E-state index contributed by atoms with van der Waals surface area (Å²) in [6, 6.07) is 11.5. The molecule has 0 saturated carbocycles. The van der Waals surface area contributed by atoms with Crippen molar-refractivity contribution < 1.29 is 9.53 Å². The van der Waals surface area contributed by atoms with Gasteiger partial charge in [-0.2, -0.15) is 0 Å². The highest BCUT2D eigenvalue weighted by atomic mass is 16.5. The molecule has 2 aromatic rings. The van der Waals surface area contributed by atoms with Gasteiger partial charge in [0.25, 0.3) is 0 Å². The number of hydrogen-bond acceptors (Lipinski definition) is 5. The van der Waals surface area contributed by atoms with Crippen LogP contribution in [0, 0.1) is 0 Å². The molecular weight excluding hydrogens is 304 g/mol. The van der Waals surface area contributed by atoms with Crippen LogP contribution in [0.1, 0.15) is 18.3 Å². The third kappa shape index (κ3) is 4.29. The summed E-state index contributed by atoms with van der Waals surface area (Å²) >= 11 is 0. The third-order valence-corrected chi connectivity index (χ3v) is 3.97. The number of morpholine rings is 1. The van der Waals surface area contributed by atoms with Crippen LogP contribution in [0.5, 0.6) is 0 Å². The first-order chi connectivity index (χ1) is 11.7. The van der Waals surface area contributed by atoms with E-state index in [1.165, 1.54) is 0 Å². The van der Waals surface area contributed by atoms with E-state index < -0.39 is 0 Å². The van der Waals surface area contributed by atoms with Gasteiger partial charge in [0, 0.05) is 25.7 Å². The molecule has 6 heteroatoms. The molecule has 3 rings (SSSR count). The Hall–Kier alpha value is -2.47. The third-order valence-electron chi connectivity index (χ3n) is 3.97. The molecule has 6 nitrogen and oxygen atoms in total. The number of ether oxygens (including phenoxy) is 1. The second kappa shape index (κ2) is 7.88. The number of benzene rings is 1. The molecule has 0 unspecified atom stereocenters. The fraction of sp³-hybridized carbons (Fsp3) is 0.389. The molecule has 1 amide bonds. The Bertz CT molecular complexity index is 672. The highest BCUT2D eigenvalue weighted by Gasteiger charge is 2.22. The molecule has 1 N–H and O–H groups in total. The largest absolute Gasteiger partial charge is 0.378 e. The SMILES string of the molecule is C[C@@H](Nc1ccnc(Cc2ccccc2)n1)C(=O)N1CCOCC1. The van der Waals surface area contributed by atoms with Crippen molar-refractivity contribution in [2.45, 2.75) is 19.4 Å². The van der Waals surface area contributed by atoms with Crippen LogP contribution in [0.4, 0.5) is 5.82 Å². The van der Waals surface area contributed by atoms with Crippen LogP contribution in [0.2, 0.25) is 0 Å². The second-order valence-corrected chi connectivity index (χ2v) is 5.82. The van der Waals surface area contributed by atoms with Crippen molar-refractivity contribution in [2.24, 2.45) is 0 Å². The van der Waals surface area contributed by atoms with Gasteiger partial charge >= 0.3 is 0 Å². The van der Waals surface area contributed by atoms with E-state index in [1.807, 2.05) is 42.2 Å². The first kappa shape index (κ1) is 16.4. The summed E-state index contributed by atoms with van der Waals surface area (Å²) < 4.78 is 5.29. The van der Waals surface area contributed by atoms with Crippen LogP contribution in [-0.4, -0.2) is 53.1 Å². The number of aromatic nitrogens is 2. The van der Waals surface area contributed by atoms with Gasteiger partial charge in [-0.05, 0) is 18.6 Å². The van der Waals surface area contributed by atoms with Crippen molar-refractivity contribution in [3.05, 3.63) is 54.0 Å². The lowest BCUT2D eigenvalue weighted by Crippen LogP contribution is -2.47. The topological polar surface area (TPSA) is 67.4 Å². The molecule has 1 saturated heterocycles. The average Bonchev–Trinajstić information content (AvgIpc) is 2.63. The van der Waals surface area contributed by atoms with Gasteiger partial charge in [0.05, 0.1) is 13.2 Å². The van der Waals surface area contributed by atoms with E-state index in [9.17, 15) is 4.79 Å². The van der Waals surface area contributed by atoms with Gasteiger partial charge in [0.15, 0.2) is 0 Å². The standard InChI is InChI=1S/C18H22N4O2/c1-14(18(23)22-9-11-24-12-10-22)20-16-7-8-19-17(21-16)13-15-5-3-2-4-6-15/h2-8,14H,9-13H2,1H3,(H,19,20,21)/t14-/m1/s1. The number of anilines is 1. The monoisotopic (exact) mass is 326 g/mol. The Morgan fingerprint density at radius 3 is 2.75 bits per heavy atom. The predicted octanol–water partition coefficient (Wildman–Crippen LogP) is 1.73. The van der Waals surface area contributed by atoms with Gasteiger partial charge < -0.3 is 15.0 Å². The Morgan fingerprint density at radius 1 is 1.25 bits per heavy atom. The zero-order valence-corrected chi connectivity index (χ0v) is 13.8. The van der Waals surface area contributed by atoms with E-state index >= 15 is 0 Å². The first-order valence-corrected chi connectivity index (χ1v) is 8.21. The normalized spacial score (nSPS) is 15.8. The van der Waals surface area contributed by atoms with Crippen LogP contribution >= 0.6 is 0 Å². The minimum absolute atomic E-state index is 0.0709. The van der Waals surface area contributed by atoms with Crippen molar-refractivity contribution in [3.8, 4) is 0 Å².